The Bertz CT molecular complexity index is 448. The topological polar surface area (TPSA) is 6.48 Å². The summed E-state index contributed by atoms with van der Waals surface area (Å²) in [5.74, 6) is 2.24. The second kappa shape index (κ2) is 16.7. The molecule has 2 aliphatic carbocycles. The van der Waals surface area contributed by atoms with Gasteiger partial charge in [0.15, 0.2) is 0 Å². The molecule has 2 saturated carbocycles. The van der Waals surface area contributed by atoms with Crippen LogP contribution < -0.4 is 0 Å². The van der Waals surface area contributed by atoms with E-state index in [2.05, 4.69) is 23.6 Å². The van der Waals surface area contributed by atoms with Crippen LogP contribution in [0.15, 0.2) is 0 Å². The van der Waals surface area contributed by atoms with Gasteiger partial charge in [0.25, 0.3) is 0 Å². The predicted molar refractivity (Wildman–Crippen MR) is 153 cm³/mol. The largest absolute Gasteiger partial charge is 0.354 e. The van der Waals surface area contributed by atoms with Crippen LogP contribution in [0.3, 0.4) is 0 Å². The standard InChI is InChI=1S/C22H40N2S6/c1-3-15-23(19-11-7-5-8-12-19)21(25)29-27-17-18-28-30-22(26)24(16-4-2)20-13-9-6-10-14-20/h19-20H,3-18H2,1-2H3. The Morgan fingerprint density at radius 2 is 1.03 bits per heavy atom. The zero-order valence-corrected chi connectivity index (χ0v) is 23.7. The number of rotatable bonds is 11. The monoisotopic (exact) mass is 524 g/mol. The van der Waals surface area contributed by atoms with Crippen molar-refractivity contribution in [2.24, 2.45) is 0 Å². The highest BCUT2D eigenvalue weighted by Gasteiger charge is 2.24. The lowest BCUT2D eigenvalue weighted by Crippen LogP contribution is -2.39. The van der Waals surface area contributed by atoms with E-state index in [1.54, 1.807) is 0 Å². The van der Waals surface area contributed by atoms with Gasteiger partial charge in [-0.3, -0.25) is 0 Å². The minimum Gasteiger partial charge on any atom is -0.354 e. The lowest BCUT2D eigenvalue weighted by atomic mass is 9.94. The van der Waals surface area contributed by atoms with Crippen molar-refractivity contribution < 1.29 is 0 Å². The van der Waals surface area contributed by atoms with E-state index in [0.717, 1.165) is 33.2 Å². The minimum absolute atomic E-state index is 0.686. The summed E-state index contributed by atoms with van der Waals surface area (Å²) in [6.45, 7) is 6.76. The third kappa shape index (κ3) is 9.98. The molecule has 0 aliphatic heterocycles. The maximum absolute atomic E-state index is 5.81. The van der Waals surface area contributed by atoms with Crippen molar-refractivity contribution in [3.8, 4) is 0 Å². The molecule has 2 fully saturated rings. The molecular formula is C22H40N2S6. The average Bonchev–Trinajstić information content (AvgIpc) is 2.79. The zero-order valence-electron chi connectivity index (χ0n) is 18.8. The zero-order chi connectivity index (χ0) is 21.6. The summed E-state index contributed by atoms with van der Waals surface area (Å²) in [5, 5.41) is 0. The Labute approximate surface area is 212 Å². The Hall–Kier alpha value is 1.18. The summed E-state index contributed by atoms with van der Waals surface area (Å²) in [4.78, 5) is 5.05. The van der Waals surface area contributed by atoms with Gasteiger partial charge in [-0.15, -0.1) is 0 Å². The summed E-state index contributed by atoms with van der Waals surface area (Å²) >= 11 is 11.6. The third-order valence-electron chi connectivity index (χ3n) is 5.94. The lowest BCUT2D eigenvalue weighted by Gasteiger charge is -2.35. The van der Waals surface area contributed by atoms with Crippen LogP contribution in [-0.2, 0) is 0 Å². The van der Waals surface area contributed by atoms with E-state index in [4.69, 9.17) is 24.4 Å². The first-order valence-electron chi connectivity index (χ1n) is 11.9. The Morgan fingerprint density at radius 1 is 0.667 bits per heavy atom. The van der Waals surface area contributed by atoms with E-state index < -0.39 is 0 Å². The first-order chi connectivity index (χ1) is 14.7. The molecule has 30 heavy (non-hydrogen) atoms. The van der Waals surface area contributed by atoms with Crippen molar-refractivity contribution in [2.75, 3.05) is 24.6 Å². The van der Waals surface area contributed by atoms with Gasteiger partial charge >= 0.3 is 0 Å². The summed E-state index contributed by atoms with van der Waals surface area (Å²) in [6, 6.07) is 1.37. The normalized spacial score (nSPS) is 18.3. The first kappa shape index (κ1) is 27.4. The molecule has 2 nitrogen and oxygen atoms in total. The SMILES string of the molecule is CCCN(C(=S)SSCCSSC(=S)N(CCC)C1CCCCC1)C1CCCCC1. The van der Waals surface area contributed by atoms with Crippen molar-refractivity contribution in [1.82, 2.24) is 9.80 Å². The smallest absolute Gasteiger partial charge is 0.147 e. The van der Waals surface area contributed by atoms with E-state index in [-0.39, 0.29) is 0 Å². The average molecular weight is 525 g/mol. The van der Waals surface area contributed by atoms with Crippen LogP contribution in [0.1, 0.15) is 90.9 Å². The van der Waals surface area contributed by atoms with Crippen LogP contribution in [0.5, 0.6) is 0 Å². The van der Waals surface area contributed by atoms with Crippen LogP contribution in [0.2, 0.25) is 0 Å². The van der Waals surface area contributed by atoms with Crippen molar-refractivity contribution >= 4 is 76.3 Å². The molecule has 0 heterocycles. The molecule has 0 aromatic carbocycles. The lowest BCUT2D eigenvalue weighted by molar-refractivity contribution is 0.251. The maximum atomic E-state index is 5.81. The van der Waals surface area contributed by atoms with Gasteiger partial charge in [0.1, 0.15) is 8.64 Å². The van der Waals surface area contributed by atoms with Crippen molar-refractivity contribution in [1.29, 1.82) is 0 Å². The fraction of sp³-hybridized carbons (Fsp3) is 0.909. The first-order valence-corrected chi connectivity index (χ1v) is 17.3. The Morgan fingerprint density at radius 3 is 1.37 bits per heavy atom. The van der Waals surface area contributed by atoms with Gasteiger partial charge < -0.3 is 9.80 Å². The second-order valence-electron chi connectivity index (χ2n) is 8.31. The van der Waals surface area contributed by atoms with Gasteiger partial charge in [0, 0.05) is 36.7 Å². The molecule has 2 rings (SSSR count). The molecule has 0 N–H and O–H groups in total. The molecule has 174 valence electrons. The molecule has 0 aromatic heterocycles. The Kier molecular flexibility index (Phi) is 15.3. The number of hydrogen-bond donors (Lipinski definition) is 0. The van der Waals surface area contributed by atoms with Crippen LogP contribution in [0.4, 0.5) is 0 Å². The van der Waals surface area contributed by atoms with Crippen molar-refractivity contribution in [3.05, 3.63) is 0 Å². The summed E-state index contributed by atoms with van der Waals surface area (Å²) in [7, 11) is 7.49. The highest BCUT2D eigenvalue weighted by atomic mass is 33.1. The highest BCUT2D eigenvalue weighted by molar-refractivity contribution is 8.85. The predicted octanol–water partition coefficient (Wildman–Crippen LogP) is 8.41. The third-order valence-corrected chi connectivity index (χ3v) is 12.2. The van der Waals surface area contributed by atoms with Gasteiger partial charge in [-0.2, -0.15) is 0 Å². The number of nitrogens with zero attached hydrogens (tertiary/aromatic N) is 2. The number of thiocarbonyl (C=S) groups is 2. The van der Waals surface area contributed by atoms with Crippen LogP contribution >= 0.6 is 67.6 Å². The van der Waals surface area contributed by atoms with Crippen molar-refractivity contribution in [3.63, 3.8) is 0 Å². The number of hydrogen-bond acceptors (Lipinski definition) is 6. The maximum Gasteiger partial charge on any atom is 0.147 e. The van der Waals surface area contributed by atoms with Gasteiger partial charge in [-0.25, -0.2) is 0 Å². The van der Waals surface area contributed by atoms with Gasteiger partial charge in [-0.1, -0.05) is 98.4 Å². The highest BCUT2D eigenvalue weighted by Crippen LogP contribution is 2.34. The van der Waals surface area contributed by atoms with E-state index in [1.807, 2.05) is 43.2 Å². The fourth-order valence-electron chi connectivity index (χ4n) is 4.46. The van der Waals surface area contributed by atoms with E-state index >= 15 is 0 Å². The molecule has 0 unspecified atom stereocenters. The van der Waals surface area contributed by atoms with E-state index in [1.165, 1.54) is 77.0 Å². The molecule has 0 atom stereocenters. The molecular weight excluding hydrogens is 485 g/mol. The van der Waals surface area contributed by atoms with E-state index in [9.17, 15) is 0 Å². The molecule has 0 bridgehead atoms. The second-order valence-corrected chi connectivity index (χ2v) is 14.4. The van der Waals surface area contributed by atoms with Gasteiger partial charge in [-0.05, 0) is 60.1 Å². The van der Waals surface area contributed by atoms with Crippen LogP contribution in [0.25, 0.3) is 0 Å². The summed E-state index contributed by atoms with van der Waals surface area (Å²) in [6.07, 6.45) is 15.9. The quantitative estimate of drug-likeness (QED) is 0.149. The summed E-state index contributed by atoms with van der Waals surface area (Å²) in [5.41, 5.74) is 0. The molecule has 2 aliphatic rings. The van der Waals surface area contributed by atoms with Crippen LogP contribution in [0, 0.1) is 0 Å². The van der Waals surface area contributed by atoms with Gasteiger partial charge in [0.05, 0.1) is 0 Å². The molecule has 0 radical (unpaired) electrons. The molecule has 0 amide bonds. The minimum atomic E-state index is 0.686. The molecule has 0 saturated heterocycles. The molecule has 0 aromatic rings. The van der Waals surface area contributed by atoms with Crippen LogP contribution in [-0.4, -0.2) is 55.1 Å². The molecule has 8 heteroatoms. The summed E-state index contributed by atoms with van der Waals surface area (Å²) < 4.78 is 2.21. The van der Waals surface area contributed by atoms with Gasteiger partial charge in [0.2, 0.25) is 0 Å². The van der Waals surface area contributed by atoms with E-state index in [0.29, 0.717) is 12.1 Å². The van der Waals surface area contributed by atoms with Crippen molar-refractivity contribution in [2.45, 2.75) is 103 Å². The Balaban J connectivity index is 1.63. The fourth-order valence-corrected chi connectivity index (χ4v) is 10.3. The molecule has 0 spiro atoms.